The van der Waals surface area contributed by atoms with Crippen molar-refractivity contribution in [2.45, 2.75) is 18.0 Å². The van der Waals surface area contributed by atoms with Gasteiger partial charge in [-0.1, -0.05) is 6.08 Å². The quantitative estimate of drug-likeness (QED) is 0.826. The first-order valence-corrected chi connectivity index (χ1v) is 8.97. The fourth-order valence-electron chi connectivity index (χ4n) is 2.41. The van der Waals surface area contributed by atoms with Crippen LogP contribution in [-0.4, -0.2) is 45.9 Å². The molecule has 0 unspecified atom stereocenters. The van der Waals surface area contributed by atoms with Crippen LogP contribution >= 0.6 is 0 Å². The van der Waals surface area contributed by atoms with Crippen LogP contribution in [0.1, 0.15) is 12.5 Å². The molecule has 0 fully saturated rings. The van der Waals surface area contributed by atoms with Gasteiger partial charge in [0.1, 0.15) is 5.75 Å². The molecule has 0 saturated carbocycles. The summed E-state index contributed by atoms with van der Waals surface area (Å²) in [5.41, 5.74) is 2.29. The summed E-state index contributed by atoms with van der Waals surface area (Å²) in [7, 11) is -1.72. The molecule has 0 saturated heterocycles. The van der Waals surface area contributed by atoms with Crippen molar-refractivity contribution in [3.8, 4) is 5.75 Å². The van der Waals surface area contributed by atoms with Crippen molar-refractivity contribution >= 4 is 15.4 Å². The number of alkyl halides is 3. The molecule has 0 aliphatic carbocycles. The fraction of sp³-hybridized carbons (Fsp3) is 0.375. The Morgan fingerprint density at radius 1 is 1.25 bits per heavy atom. The molecule has 1 aromatic carbocycles. The summed E-state index contributed by atoms with van der Waals surface area (Å²) in [6, 6.07) is 3.99. The van der Waals surface area contributed by atoms with Gasteiger partial charge in [-0.15, -0.1) is 0 Å². The van der Waals surface area contributed by atoms with Gasteiger partial charge in [-0.3, -0.25) is 0 Å². The predicted molar refractivity (Wildman–Crippen MR) is 85.5 cm³/mol. The molecule has 2 rings (SSSR count). The average molecular weight is 361 g/mol. The van der Waals surface area contributed by atoms with Crippen molar-refractivity contribution in [2.24, 2.45) is 0 Å². The Kier molecular flexibility index (Phi) is 4.98. The van der Waals surface area contributed by atoms with E-state index < -0.39 is 22.6 Å². The second kappa shape index (κ2) is 6.51. The molecule has 4 nitrogen and oxygen atoms in total. The minimum atomic E-state index is -4.50. The van der Waals surface area contributed by atoms with Crippen molar-refractivity contribution < 1.29 is 26.3 Å². The van der Waals surface area contributed by atoms with E-state index in [-0.39, 0.29) is 10.6 Å². The molecular formula is C16H18F3NO3S. The zero-order chi connectivity index (χ0) is 18.1. The van der Waals surface area contributed by atoms with Crippen LogP contribution in [0, 0.1) is 0 Å². The zero-order valence-electron chi connectivity index (χ0n) is 13.5. The van der Waals surface area contributed by atoms with E-state index in [2.05, 4.69) is 0 Å². The molecule has 1 aromatic rings. The largest absolute Gasteiger partial charge is 0.484 e. The Morgan fingerprint density at radius 2 is 1.92 bits per heavy atom. The second-order valence-corrected chi connectivity index (χ2v) is 7.84. The molecule has 0 amide bonds. The van der Waals surface area contributed by atoms with E-state index in [0.29, 0.717) is 12.1 Å². The molecule has 0 atom stereocenters. The van der Waals surface area contributed by atoms with Crippen molar-refractivity contribution in [2.75, 3.05) is 26.5 Å². The topological polar surface area (TPSA) is 46.6 Å². The number of hydrogen-bond donors (Lipinski definition) is 0. The number of allylic oxidation sites excluding steroid dienone is 2. The number of benzene rings is 1. The molecule has 132 valence electrons. The van der Waals surface area contributed by atoms with Gasteiger partial charge in [0.05, 0.1) is 4.90 Å². The van der Waals surface area contributed by atoms with Crippen LogP contribution in [0.5, 0.6) is 5.75 Å². The highest BCUT2D eigenvalue weighted by molar-refractivity contribution is 7.90. The molecule has 1 aliphatic rings. The van der Waals surface area contributed by atoms with Crippen molar-refractivity contribution in [3.05, 3.63) is 41.6 Å². The van der Waals surface area contributed by atoms with Crippen molar-refractivity contribution in [1.82, 2.24) is 4.90 Å². The van der Waals surface area contributed by atoms with E-state index >= 15 is 0 Å². The van der Waals surface area contributed by atoms with Gasteiger partial charge in [0.25, 0.3) is 0 Å². The smallest absolute Gasteiger partial charge is 0.422 e. The lowest BCUT2D eigenvalue weighted by Gasteiger charge is -2.23. The molecule has 1 aliphatic heterocycles. The highest BCUT2D eigenvalue weighted by atomic mass is 32.2. The van der Waals surface area contributed by atoms with Crippen LogP contribution < -0.4 is 4.74 Å². The standard InChI is InChI=1S/C16H18F3NO3S/c1-11-4-13(9-20(2)8-11)12-5-14(23-10-16(17,18)19)7-15(6-12)24(3,21)22/h4-8H,9-10H2,1-3H3. The number of nitrogens with zero attached hydrogens (tertiary/aromatic N) is 1. The third-order valence-electron chi connectivity index (χ3n) is 3.33. The molecule has 0 spiro atoms. The van der Waals surface area contributed by atoms with Gasteiger partial charge in [0.15, 0.2) is 16.4 Å². The summed E-state index contributed by atoms with van der Waals surface area (Å²) in [5.74, 6) is -0.124. The summed E-state index contributed by atoms with van der Waals surface area (Å²) in [6.45, 7) is 0.929. The van der Waals surface area contributed by atoms with Crippen LogP contribution in [0.2, 0.25) is 0 Å². The maximum Gasteiger partial charge on any atom is 0.422 e. The Hall–Kier alpha value is -1.96. The molecule has 0 aromatic heterocycles. The highest BCUT2D eigenvalue weighted by Gasteiger charge is 2.28. The number of halogens is 3. The van der Waals surface area contributed by atoms with Gasteiger partial charge in [-0.2, -0.15) is 13.2 Å². The molecule has 8 heteroatoms. The number of ether oxygens (including phenoxy) is 1. The number of hydrogen-bond acceptors (Lipinski definition) is 4. The van der Waals surface area contributed by atoms with E-state index in [0.717, 1.165) is 23.5 Å². The maximum atomic E-state index is 12.4. The summed E-state index contributed by atoms with van der Waals surface area (Å²) in [5, 5.41) is 0. The van der Waals surface area contributed by atoms with Gasteiger partial charge >= 0.3 is 6.18 Å². The lowest BCUT2D eigenvalue weighted by atomic mass is 10.0. The molecule has 0 bridgehead atoms. The zero-order valence-corrected chi connectivity index (χ0v) is 14.3. The fourth-order valence-corrected chi connectivity index (χ4v) is 3.09. The molecule has 24 heavy (non-hydrogen) atoms. The van der Waals surface area contributed by atoms with Crippen molar-refractivity contribution in [1.29, 1.82) is 0 Å². The second-order valence-electron chi connectivity index (χ2n) is 5.83. The molecule has 0 radical (unpaired) electrons. The average Bonchev–Trinajstić information content (AvgIpc) is 2.42. The molecule has 1 heterocycles. The van der Waals surface area contributed by atoms with Gasteiger partial charge in [-0.25, -0.2) is 8.42 Å². The van der Waals surface area contributed by atoms with E-state index in [4.69, 9.17) is 4.74 Å². The summed E-state index contributed by atoms with van der Waals surface area (Å²) in [6.07, 6.45) is 0.303. The number of sulfone groups is 1. The first-order valence-electron chi connectivity index (χ1n) is 7.08. The van der Waals surface area contributed by atoms with Gasteiger partial charge in [0, 0.05) is 26.0 Å². The Labute approximate surface area is 139 Å². The van der Waals surface area contributed by atoms with Crippen LogP contribution in [0.25, 0.3) is 5.57 Å². The monoisotopic (exact) mass is 361 g/mol. The lowest BCUT2D eigenvalue weighted by molar-refractivity contribution is -0.153. The first kappa shape index (κ1) is 18.4. The lowest BCUT2D eigenvalue weighted by Crippen LogP contribution is -2.20. The van der Waals surface area contributed by atoms with Crippen molar-refractivity contribution in [3.63, 3.8) is 0 Å². The van der Waals surface area contributed by atoms with Crippen LogP contribution in [-0.2, 0) is 9.84 Å². The Morgan fingerprint density at radius 3 is 2.46 bits per heavy atom. The molecule has 0 N–H and O–H groups in total. The normalized spacial score (nSPS) is 15.8. The van der Waals surface area contributed by atoms with E-state index in [1.165, 1.54) is 12.1 Å². The van der Waals surface area contributed by atoms with E-state index in [9.17, 15) is 21.6 Å². The summed E-state index contributed by atoms with van der Waals surface area (Å²) in [4.78, 5) is 1.83. The van der Waals surface area contributed by atoms with Crippen LogP contribution in [0.3, 0.4) is 0 Å². The Balaban J connectivity index is 2.46. The third-order valence-corrected chi connectivity index (χ3v) is 4.42. The minimum absolute atomic E-state index is 0.0760. The maximum absolute atomic E-state index is 12.4. The molecular weight excluding hydrogens is 343 g/mol. The van der Waals surface area contributed by atoms with Gasteiger partial charge < -0.3 is 9.64 Å². The summed E-state index contributed by atoms with van der Waals surface area (Å²) >= 11 is 0. The van der Waals surface area contributed by atoms with E-state index in [1.807, 2.05) is 31.1 Å². The number of likely N-dealkylation sites (N-methyl/N-ethyl adjacent to an activating group) is 1. The van der Waals surface area contributed by atoms with Gasteiger partial charge in [0.2, 0.25) is 0 Å². The first-order chi connectivity index (χ1) is 10.9. The minimum Gasteiger partial charge on any atom is -0.484 e. The van der Waals surface area contributed by atoms with E-state index in [1.54, 1.807) is 0 Å². The summed E-state index contributed by atoms with van der Waals surface area (Å²) < 4.78 is 65.5. The number of rotatable bonds is 4. The van der Waals surface area contributed by atoms with Gasteiger partial charge in [-0.05, 0) is 41.8 Å². The van der Waals surface area contributed by atoms with Crippen LogP contribution in [0.4, 0.5) is 13.2 Å². The third kappa shape index (κ3) is 5.02. The Bertz CT molecular complexity index is 795. The highest BCUT2D eigenvalue weighted by Crippen LogP contribution is 2.29. The van der Waals surface area contributed by atoms with Crippen LogP contribution in [0.15, 0.2) is 40.9 Å². The predicted octanol–water partition coefficient (Wildman–Crippen LogP) is 3.26. The SMILES string of the molecule is CC1=CN(C)CC(c2cc(OCC(F)(F)F)cc(S(C)(=O)=O)c2)=C1.